The Morgan fingerprint density at radius 1 is 0.441 bits per heavy atom. The van der Waals surface area contributed by atoms with E-state index in [0.717, 1.165) is 38.9 Å². The van der Waals surface area contributed by atoms with E-state index in [4.69, 9.17) is 4.98 Å². The number of aromatic nitrogens is 2. The maximum absolute atomic E-state index is 5.04. The fourth-order valence-corrected chi connectivity index (χ4v) is 4.43. The van der Waals surface area contributed by atoms with Crippen molar-refractivity contribution in [2.24, 2.45) is 0 Å². The molecular weight excluding hydrogens is 412 g/mol. The predicted molar refractivity (Wildman–Crippen MR) is 141 cm³/mol. The average molecular weight is 435 g/mol. The molecule has 6 aromatic rings. The first-order chi connectivity index (χ1) is 16.8. The molecule has 0 spiro atoms. The van der Waals surface area contributed by atoms with Crippen LogP contribution in [0.3, 0.4) is 0 Å². The maximum Gasteiger partial charge on any atom is 0.0716 e. The van der Waals surface area contributed by atoms with Crippen molar-refractivity contribution in [1.29, 1.82) is 0 Å². The Balaban J connectivity index is 1.59. The topological polar surface area (TPSA) is 25.8 Å². The highest BCUT2D eigenvalue weighted by atomic mass is 14.7. The van der Waals surface area contributed by atoms with Crippen LogP contribution < -0.4 is 0 Å². The highest BCUT2D eigenvalue weighted by Gasteiger charge is 2.12. The maximum atomic E-state index is 5.04. The molecule has 2 heterocycles. The number of pyridine rings is 2. The summed E-state index contributed by atoms with van der Waals surface area (Å²) in [6.07, 6.45) is 3.72. The summed E-state index contributed by atoms with van der Waals surface area (Å²) < 4.78 is 0. The molecule has 6 rings (SSSR count). The molecule has 4 aromatic carbocycles. The largest absolute Gasteiger partial charge is 0.264 e. The molecule has 0 unspecified atom stereocenters. The van der Waals surface area contributed by atoms with E-state index in [1.54, 1.807) is 6.20 Å². The van der Waals surface area contributed by atoms with Gasteiger partial charge in [0.1, 0.15) is 0 Å². The van der Waals surface area contributed by atoms with E-state index in [1.165, 1.54) is 16.7 Å². The van der Waals surface area contributed by atoms with Gasteiger partial charge in [0, 0.05) is 28.9 Å². The molecule has 0 bridgehead atoms. The van der Waals surface area contributed by atoms with Crippen LogP contribution in [0.25, 0.3) is 55.5 Å². The van der Waals surface area contributed by atoms with Crippen molar-refractivity contribution in [3.63, 3.8) is 0 Å². The molecule has 0 aliphatic heterocycles. The van der Waals surface area contributed by atoms with Gasteiger partial charge in [-0.15, -0.1) is 0 Å². The number of fused-ring (bicyclic) bond motifs is 1. The molecule has 0 aliphatic rings. The lowest BCUT2D eigenvalue weighted by molar-refractivity contribution is 1.33. The van der Waals surface area contributed by atoms with Gasteiger partial charge in [-0.2, -0.15) is 0 Å². The van der Waals surface area contributed by atoms with Gasteiger partial charge in [0.2, 0.25) is 0 Å². The van der Waals surface area contributed by atoms with Crippen molar-refractivity contribution < 1.29 is 0 Å². The lowest BCUT2D eigenvalue weighted by Crippen LogP contribution is -1.91. The Bertz CT molecular complexity index is 1570. The summed E-state index contributed by atoms with van der Waals surface area (Å²) in [5.74, 6) is 0. The smallest absolute Gasteiger partial charge is 0.0716 e. The molecule has 2 aromatic heterocycles. The number of benzene rings is 4. The molecule has 2 heteroatoms. The first kappa shape index (κ1) is 20.1. The van der Waals surface area contributed by atoms with E-state index in [9.17, 15) is 0 Å². The van der Waals surface area contributed by atoms with Gasteiger partial charge in [-0.1, -0.05) is 91.0 Å². The number of hydrogen-bond acceptors (Lipinski definition) is 2. The van der Waals surface area contributed by atoms with Crippen LogP contribution in [-0.2, 0) is 0 Å². The molecular formula is C32H22N2. The minimum atomic E-state index is 0.974. The van der Waals surface area contributed by atoms with Crippen molar-refractivity contribution in [3.8, 4) is 44.6 Å². The third kappa shape index (κ3) is 3.87. The number of rotatable bonds is 4. The van der Waals surface area contributed by atoms with Crippen LogP contribution in [0.5, 0.6) is 0 Å². The van der Waals surface area contributed by atoms with Gasteiger partial charge in [-0.05, 0) is 58.1 Å². The zero-order valence-corrected chi connectivity index (χ0v) is 18.6. The highest BCUT2D eigenvalue weighted by molar-refractivity contribution is 5.99. The van der Waals surface area contributed by atoms with Crippen LogP contribution >= 0.6 is 0 Å². The Morgan fingerprint density at radius 2 is 1.12 bits per heavy atom. The van der Waals surface area contributed by atoms with Gasteiger partial charge in [-0.25, -0.2) is 4.98 Å². The molecule has 34 heavy (non-hydrogen) atoms. The molecule has 0 saturated heterocycles. The fraction of sp³-hybridized carbons (Fsp3) is 0. The molecule has 0 amide bonds. The van der Waals surface area contributed by atoms with Gasteiger partial charge >= 0.3 is 0 Å². The van der Waals surface area contributed by atoms with E-state index in [-0.39, 0.29) is 0 Å². The average Bonchev–Trinajstić information content (AvgIpc) is 2.93. The van der Waals surface area contributed by atoms with Crippen LogP contribution in [0.2, 0.25) is 0 Å². The molecule has 0 saturated carbocycles. The molecule has 0 atom stereocenters. The van der Waals surface area contributed by atoms with Crippen molar-refractivity contribution in [3.05, 3.63) is 134 Å². The summed E-state index contributed by atoms with van der Waals surface area (Å²) in [6, 6.07) is 42.4. The molecule has 0 N–H and O–H groups in total. The molecule has 0 radical (unpaired) electrons. The molecule has 0 aliphatic carbocycles. The molecule has 0 fully saturated rings. The van der Waals surface area contributed by atoms with Crippen LogP contribution in [-0.4, -0.2) is 9.97 Å². The lowest BCUT2D eigenvalue weighted by atomic mass is 9.94. The van der Waals surface area contributed by atoms with E-state index < -0.39 is 0 Å². The quantitative estimate of drug-likeness (QED) is 0.279. The van der Waals surface area contributed by atoms with Gasteiger partial charge in [0.25, 0.3) is 0 Å². The van der Waals surface area contributed by atoms with Crippen LogP contribution in [0.4, 0.5) is 0 Å². The first-order valence-corrected chi connectivity index (χ1v) is 11.4. The van der Waals surface area contributed by atoms with Crippen LogP contribution in [0.1, 0.15) is 0 Å². The molecule has 160 valence electrons. The van der Waals surface area contributed by atoms with Crippen molar-refractivity contribution in [2.45, 2.75) is 0 Å². The van der Waals surface area contributed by atoms with Crippen LogP contribution in [0, 0.1) is 0 Å². The Morgan fingerprint density at radius 3 is 1.88 bits per heavy atom. The van der Waals surface area contributed by atoms with E-state index in [2.05, 4.69) is 108 Å². The second kappa shape index (κ2) is 8.76. The predicted octanol–water partition coefficient (Wildman–Crippen LogP) is 8.30. The minimum Gasteiger partial charge on any atom is -0.264 e. The zero-order valence-electron chi connectivity index (χ0n) is 18.6. The van der Waals surface area contributed by atoms with Crippen LogP contribution in [0.15, 0.2) is 134 Å². The minimum absolute atomic E-state index is 0.974. The number of nitrogens with zero attached hydrogens (tertiary/aromatic N) is 2. The van der Waals surface area contributed by atoms with Gasteiger partial charge in [0.05, 0.1) is 11.2 Å². The summed E-state index contributed by atoms with van der Waals surface area (Å²) >= 11 is 0. The van der Waals surface area contributed by atoms with E-state index in [1.807, 2.05) is 24.4 Å². The monoisotopic (exact) mass is 434 g/mol. The SMILES string of the molecule is c1ccc(-c2ccc3nc(-c4ccccc4)cc(-c4cccc(-c5cccnc5)c4)c3c2)cc1. The number of hydrogen-bond donors (Lipinski definition) is 0. The van der Waals surface area contributed by atoms with Gasteiger partial charge in [0.15, 0.2) is 0 Å². The Kier molecular flexibility index (Phi) is 5.17. The standard InChI is InChI=1S/C32H22N2/c1-3-9-23(10-4-1)26-16-17-31-30(20-26)29(21-32(34-31)24-11-5-2-6-12-24)27-14-7-13-25(19-27)28-15-8-18-33-22-28/h1-22H. The fourth-order valence-electron chi connectivity index (χ4n) is 4.43. The van der Waals surface area contributed by atoms with E-state index >= 15 is 0 Å². The second-order valence-electron chi connectivity index (χ2n) is 8.34. The Hall–Kier alpha value is -4.56. The third-order valence-electron chi connectivity index (χ3n) is 6.15. The highest BCUT2D eigenvalue weighted by Crippen LogP contribution is 2.36. The van der Waals surface area contributed by atoms with Gasteiger partial charge < -0.3 is 0 Å². The lowest BCUT2D eigenvalue weighted by Gasteiger charge is -2.13. The first-order valence-electron chi connectivity index (χ1n) is 11.4. The zero-order chi connectivity index (χ0) is 22.7. The van der Waals surface area contributed by atoms with Gasteiger partial charge in [-0.3, -0.25) is 4.98 Å². The second-order valence-corrected chi connectivity index (χ2v) is 8.34. The summed E-state index contributed by atoms with van der Waals surface area (Å²) in [6.45, 7) is 0. The Labute approximate surface area is 199 Å². The van der Waals surface area contributed by atoms with Crippen molar-refractivity contribution >= 4 is 10.9 Å². The van der Waals surface area contributed by atoms with E-state index in [0.29, 0.717) is 0 Å². The third-order valence-corrected chi connectivity index (χ3v) is 6.15. The molecule has 2 nitrogen and oxygen atoms in total. The summed E-state index contributed by atoms with van der Waals surface area (Å²) in [5, 5.41) is 1.14. The van der Waals surface area contributed by atoms with Crippen molar-refractivity contribution in [1.82, 2.24) is 9.97 Å². The van der Waals surface area contributed by atoms with Crippen molar-refractivity contribution in [2.75, 3.05) is 0 Å². The summed E-state index contributed by atoms with van der Waals surface area (Å²) in [5.41, 5.74) is 10.1. The summed E-state index contributed by atoms with van der Waals surface area (Å²) in [7, 11) is 0. The normalized spacial score (nSPS) is 10.9. The summed E-state index contributed by atoms with van der Waals surface area (Å²) in [4.78, 5) is 9.34.